The van der Waals surface area contributed by atoms with Crippen molar-refractivity contribution in [1.82, 2.24) is 4.90 Å². The number of aliphatic hydroxyl groups excluding tert-OH is 1. The fourth-order valence-corrected chi connectivity index (χ4v) is 3.71. The number of benzene rings is 2. The number of ether oxygens (including phenoxy) is 2. The minimum Gasteiger partial charge on any atom is -0.493 e. The SMILES string of the molecule is COc1cc2oc(=O)ccc2cc1OCC(O)CN1CCN(c2ccccc2)CC1. The van der Waals surface area contributed by atoms with Gasteiger partial charge in [-0.25, -0.2) is 4.79 Å². The summed E-state index contributed by atoms with van der Waals surface area (Å²) >= 11 is 0. The highest BCUT2D eigenvalue weighted by Crippen LogP contribution is 2.32. The lowest BCUT2D eigenvalue weighted by atomic mass is 10.2. The Hall–Kier alpha value is -3.03. The first-order valence-electron chi connectivity index (χ1n) is 10.1. The topological polar surface area (TPSA) is 75.4 Å². The maximum atomic E-state index is 11.4. The summed E-state index contributed by atoms with van der Waals surface area (Å²) in [5, 5.41) is 11.2. The van der Waals surface area contributed by atoms with Crippen LogP contribution in [0, 0.1) is 0 Å². The van der Waals surface area contributed by atoms with Crippen molar-refractivity contribution in [1.29, 1.82) is 0 Å². The number of rotatable bonds is 7. The molecule has 1 aliphatic heterocycles. The lowest BCUT2D eigenvalue weighted by Crippen LogP contribution is -2.49. The molecule has 7 nitrogen and oxygen atoms in total. The van der Waals surface area contributed by atoms with E-state index in [1.807, 2.05) is 6.07 Å². The molecule has 0 amide bonds. The van der Waals surface area contributed by atoms with E-state index < -0.39 is 11.7 Å². The van der Waals surface area contributed by atoms with Crippen molar-refractivity contribution >= 4 is 16.7 Å². The smallest absolute Gasteiger partial charge is 0.336 e. The van der Waals surface area contributed by atoms with Crippen molar-refractivity contribution in [2.75, 3.05) is 51.3 Å². The third-order valence-electron chi connectivity index (χ3n) is 5.30. The Morgan fingerprint density at radius 1 is 1.03 bits per heavy atom. The van der Waals surface area contributed by atoms with Gasteiger partial charge < -0.3 is 23.9 Å². The second-order valence-corrected chi connectivity index (χ2v) is 7.38. The summed E-state index contributed by atoms with van der Waals surface area (Å²) in [6, 6.07) is 16.8. The molecule has 0 aliphatic carbocycles. The van der Waals surface area contributed by atoms with E-state index in [2.05, 4.69) is 34.1 Å². The van der Waals surface area contributed by atoms with Gasteiger partial charge in [0.25, 0.3) is 0 Å². The first kappa shape index (κ1) is 20.3. The zero-order chi connectivity index (χ0) is 20.9. The monoisotopic (exact) mass is 410 g/mol. The summed E-state index contributed by atoms with van der Waals surface area (Å²) in [7, 11) is 1.53. The first-order valence-corrected chi connectivity index (χ1v) is 10.1. The van der Waals surface area contributed by atoms with E-state index in [-0.39, 0.29) is 6.61 Å². The van der Waals surface area contributed by atoms with Gasteiger partial charge in [0.1, 0.15) is 18.3 Å². The van der Waals surface area contributed by atoms with E-state index in [1.165, 1.54) is 18.9 Å². The molecule has 1 fully saturated rings. The van der Waals surface area contributed by atoms with Crippen molar-refractivity contribution in [3.05, 3.63) is 65.0 Å². The van der Waals surface area contributed by atoms with Crippen LogP contribution in [0.4, 0.5) is 5.69 Å². The van der Waals surface area contributed by atoms with E-state index in [0.717, 1.165) is 31.6 Å². The molecule has 4 rings (SSSR count). The van der Waals surface area contributed by atoms with Crippen LogP contribution in [0.25, 0.3) is 11.0 Å². The molecule has 0 bridgehead atoms. The number of anilines is 1. The summed E-state index contributed by atoms with van der Waals surface area (Å²) in [4.78, 5) is 16.0. The average Bonchev–Trinajstić information content (AvgIpc) is 2.78. The Kier molecular flexibility index (Phi) is 6.21. The van der Waals surface area contributed by atoms with Crippen molar-refractivity contribution < 1.29 is 19.0 Å². The third kappa shape index (κ3) is 4.75. The third-order valence-corrected chi connectivity index (χ3v) is 5.30. The van der Waals surface area contributed by atoms with E-state index in [9.17, 15) is 9.90 Å². The van der Waals surface area contributed by atoms with Gasteiger partial charge in [-0.1, -0.05) is 18.2 Å². The summed E-state index contributed by atoms with van der Waals surface area (Å²) in [6.45, 7) is 4.35. The van der Waals surface area contributed by atoms with Gasteiger partial charge in [-0.3, -0.25) is 4.90 Å². The highest BCUT2D eigenvalue weighted by Gasteiger charge is 2.20. The van der Waals surface area contributed by atoms with Gasteiger partial charge >= 0.3 is 5.63 Å². The number of hydrogen-bond acceptors (Lipinski definition) is 7. The molecule has 30 heavy (non-hydrogen) atoms. The summed E-state index contributed by atoms with van der Waals surface area (Å²) in [5.41, 5.74) is 1.25. The summed E-state index contributed by atoms with van der Waals surface area (Å²) in [5.74, 6) is 0.965. The fraction of sp³-hybridized carbons (Fsp3) is 0.348. The number of hydrogen-bond donors (Lipinski definition) is 1. The number of nitrogens with zero attached hydrogens (tertiary/aromatic N) is 2. The number of β-amino-alcohol motifs (C(OH)–C–C–N with tert-alkyl or cyclic N) is 1. The van der Waals surface area contributed by atoms with Crippen molar-refractivity contribution in [2.24, 2.45) is 0 Å². The Balaban J connectivity index is 1.31. The highest BCUT2D eigenvalue weighted by atomic mass is 16.5. The van der Waals surface area contributed by atoms with E-state index in [4.69, 9.17) is 13.9 Å². The van der Waals surface area contributed by atoms with Crippen LogP contribution in [0.3, 0.4) is 0 Å². The van der Waals surface area contributed by atoms with Crippen molar-refractivity contribution in [3.8, 4) is 11.5 Å². The summed E-state index contributed by atoms with van der Waals surface area (Å²) in [6.07, 6.45) is -0.623. The van der Waals surface area contributed by atoms with E-state index in [0.29, 0.717) is 23.6 Å². The highest BCUT2D eigenvalue weighted by molar-refractivity contribution is 5.80. The van der Waals surface area contributed by atoms with Gasteiger partial charge in [0.05, 0.1) is 7.11 Å². The molecule has 2 aromatic carbocycles. The number of fused-ring (bicyclic) bond motifs is 1. The molecule has 1 N–H and O–H groups in total. The largest absolute Gasteiger partial charge is 0.493 e. The van der Waals surface area contributed by atoms with Crippen LogP contribution in [0.2, 0.25) is 0 Å². The zero-order valence-corrected chi connectivity index (χ0v) is 17.0. The van der Waals surface area contributed by atoms with Gasteiger partial charge in [0.2, 0.25) is 0 Å². The molecule has 0 spiro atoms. The van der Waals surface area contributed by atoms with Crippen LogP contribution in [-0.2, 0) is 0 Å². The van der Waals surface area contributed by atoms with Gasteiger partial charge in [0.15, 0.2) is 11.5 Å². The van der Waals surface area contributed by atoms with Gasteiger partial charge in [0, 0.05) is 55.9 Å². The maximum Gasteiger partial charge on any atom is 0.336 e. The van der Waals surface area contributed by atoms with E-state index >= 15 is 0 Å². The molecular formula is C23H26N2O5. The number of para-hydroxylation sites is 1. The normalized spacial score (nSPS) is 15.9. The predicted molar refractivity (Wildman–Crippen MR) is 116 cm³/mol. The van der Waals surface area contributed by atoms with Gasteiger partial charge in [-0.05, 0) is 24.3 Å². The van der Waals surface area contributed by atoms with Crippen LogP contribution in [0.15, 0.2) is 63.8 Å². The molecule has 158 valence electrons. The molecule has 1 aliphatic rings. The van der Waals surface area contributed by atoms with Gasteiger partial charge in [-0.2, -0.15) is 0 Å². The number of aliphatic hydroxyl groups is 1. The van der Waals surface area contributed by atoms with Crippen LogP contribution in [-0.4, -0.2) is 62.6 Å². The molecule has 7 heteroatoms. The van der Waals surface area contributed by atoms with Crippen LogP contribution in [0.5, 0.6) is 11.5 Å². The average molecular weight is 410 g/mol. The quantitative estimate of drug-likeness (QED) is 0.600. The van der Waals surface area contributed by atoms with Crippen LogP contribution in [0.1, 0.15) is 0 Å². The molecule has 1 aromatic heterocycles. The van der Waals surface area contributed by atoms with Gasteiger partial charge in [-0.15, -0.1) is 0 Å². The number of methoxy groups -OCH3 is 1. The standard InChI is InChI=1S/C23H26N2O5/c1-28-21-14-20-17(7-8-23(27)30-20)13-22(21)29-16-19(26)15-24-9-11-25(12-10-24)18-5-3-2-4-6-18/h2-8,13-14,19,26H,9-12,15-16H2,1H3. The molecule has 1 atom stereocenters. The van der Waals surface area contributed by atoms with E-state index in [1.54, 1.807) is 18.2 Å². The first-order chi connectivity index (χ1) is 14.6. The molecule has 2 heterocycles. The minimum atomic E-state index is -0.623. The van der Waals surface area contributed by atoms with Crippen molar-refractivity contribution in [3.63, 3.8) is 0 Å². The molecular weight excluding hydrogens is 384 g/mol. The second kappa shape index (κ2) is 9.19. The number of piperazine rings is 1. The van der Waals surface area contributed by atoms with Crippen LogP contribution >= 0.6 is 0 Å². The molecule has 0 saturated carbocycles. The fourth-order valence-electron chi connectivity index (χ4n) is 3.71. The minimum absolute atomic E-state index is 0.150. The Labute approximate surface area is 175 Å². The lowest BCUT2D eigenvalue weighted by Gasteiger charge is -2.36. The van der Waals surface area contributed by atoms with Crippen LogP contribution < -0.4 is 20.0 Å². The Morgan fingerprint density at radius 3 is 2.53 bits per heavy atom. The molecule has 3 aromatic rings. The maximum absolute atomic E-state index is 11.4. The lowest BCUT2D eigenvalue weighted by molar-refractivity contribution is 0.0654. The molecule has 1 unspecified atom stereocenters. The summed E-state index contributed by atoms with van der Waals surface area (Å²) < 4.78 is 16.3. The Morgan fingerprint density at radius 2 is 1.80 bits per heavy atom. The second-order valence-electron chi connectivity index (χ2n) is 7.38. The van der Waals surface area contributed by atoms with Crippen molar-refractivity contribution in [2.45, 2.75) is 6.10 Å². The Bertz CT molecular complexity index is 1030. The predicted octanol–water partition coefficient (Wildman–Crippen LogP) is 2.36. The molecule has 0 radical (unpaired) electrons. The molecule has 1 saturated heterocycles. The zero-order valence-electron chi connectivity index (χ0n) is 17.0.